The Morgan fingerprint density at radius 1 is 1.04 bits per heavy atom. The first-order chi connectivity index (χ1) is 13.5. The van der Waals surface area contributed by atoms with E-state index in [0.717, 1.165) is 4.47 Å². The number of para-hydroxylation sites is 1. The molecule has 3 rings (SSSR count). The third kappa shape index (κ3) is 5.37. The average Bonchev–Trinajstić information content (AvgIpc) is 2.69. The van der Waals surface area contributed by atoms with Gasteiger partial charge in [-0.3, -0.25) is 9.59 Å². The van der Waals surface area contributed by atoms with E-state index in [1.165, 1.54) is 24.3 Å². The van der Waals surface area contributed by atoms with E-state index in [-0.39, 0.29) is 18.3 Å². The lowest BCUT2D eigenvalue weighted by Gasteiger charge is -2.09. The van der Waals surface area contributed by atoms with Gasteiger partial charge in [0.1, 0.15) is 5.82 Å². The summed E-state index contributed by atoms with van der Waals surface area (Å²) in [6.07, 6.45) is 1.57. The van der Waals surface area contributed by atoms with Crippen molar-refractivity contribution in [3.05, 3.63) is 82.7 Å². The number of nitrogens with one attached hydrogen (secondary N) is 2. The Bertz CT molecular complexity index is 996. The van der Waals surface area contributed by atoms with Gasteiger partial charge in [-0.2, -0.15) is 0 Å². The first-order valence-corrected chi connectivity index (χ1v) is 9.01. The van der Waals surface area contributed by atoms with Crippen LogP contribution >= 0.6 is 15.9 Å². The number of pyridine rings is 1. The average molecular weight is 444 g/mol. The summed E-state index contributed by atoms with van der Waals surface area (Å²) in [7, 11) is 0. The number of carbonyl (C=O) groups is 2. The van der Waals surface area contributed by atoms with Crippen LogP contribution in [0.2, 0.25) is 0 Å². The Hall–Kier alpha value is -3.26. The van der Waals surface area contributed by atoms with E-state index in [4.69, 9.17) is 4.74 Å². The fourth-order valence-corrected chi connectivity index (χ4v) is 2.51. The van der Waals surface area contributed by atoms with E-state index in [1.807, 2.05) is 0 Å². The second kappa shape index (κ2) is 9.09. The molecule has 28 heavy (non-hydrogen) atoms. The van der Waals surface area contributed by atoms with Gasteiger partial charge in [0.2, 0.25) is 0 Å². The lowest BCUT2D eigenvalue weighted by atomic mass is 10.2. The largest absolute Gasteiger partial charge is 0.481 e. The molecule has 0 unspecified atom stereocenters. The summed E-state index contributed by atoms with van der Waals surface area (Å²) < 4.78 is 19.5. The minimum Gasteiger partial charge on any atom is -0.481 e. The first kappa shape index (κ1) is 19.5. The zero-order valence-corrected chi connectivity index (χ0v) is 16.1. The summed E-state index contributed by atoms with van der Waals surface area (Å²) in [6.45, 7) is -0.361. The van der Waals surface area contributed by atoms with E-state index in [2.05, 4.69) is 31.5 Å². The van der Waals surface area contributed by atoms with E-state index in [1.54, 1.807) is 42.6 Å². The number of rotatable bonds is 6. The predicted molar refractivity (Wildman–Crippen MR) is 107 cm³/mol. The molecule has 6 nitrogen and oxygen atoms in total. The standard InChI is InChI=1S/C20H15BrFN3O3/c21-14-8-9-18(23-11-14)25-20(27)13-4-3-5-15(10-13)24-19(26)12-28-17-7-2-1-6-16(17)22/h1-11H,12H2,(H,24,26)(H,23,25,27). The fraction of sp³-hybridized carbons (Fsp3) is 0.0500. The molecule has 8 heteroatoms. The van der Waals surface area contributed by atoms with Crippen LogP contribution in [0.25, 0.3) is 0 Å². The Labute approximate surface area is 168 Å². The molecule has 0 aliphatic rings. The van der Waals surface area contributed by atoms with Crippen molar-refractivity contribution in [2.75, 3.05) is 17.2 Å². The summed E-state index contributed by atoms with van der Waals surface area (Å²) in [4.78, 5) is 28.5. The van der Waals surface area contributed by atoms with E-state index >= 15 is 0 Å². The highest BCUT2D eigenvalue weighted by molar-refractivity contribution is 9.10. The van der Waals surface area contributed by atoms with Crippen LogP contribution in [0.3, 0.4) is 0 Å². The van der Waals surface area contributed by atoms with Crippen LogP contribution in [-0.2, 0) is 4.79 Å². The van der Waals surface area contributed by atoms with Gasteiger partial charge in [-0.05, 0) is 58.4 Å². The van der Waals surface area contributed by atoms with Crippen LogP contribution in [-0.4, -0.2) is 23.4 Å². The minimum absolute atomic E-state index is 0.00669. The molecule has 142 valence electrons. The number of amides is 2. The molecule has 0 saturated heterocycles. The third-order valence-electron chi connectivity index (χ3n) is 3.57. The molecular formula is C20H15BrFN3O3. The molecule has 0 bridgehead atoms. The zero-order chi connectivity index (χ0) is 19.9. The molecule has 2 amide bonds. The fourth-order valence-electron chi connectivity index (χ4n) is 2.28. The number of anilines is 2. The number of halogens is 2. The molecule has 0 atom stereocenters. The summed E-state index contributed by atoms with van der Waals surface area (Å²) in [5.41, 5.74) is 0.760. The normalized spacial score (nSPS) is 10.2. The van der Waals surface area contributed by atoms with Crippen LogP contribution in [0.15, 0.2) is 71.3 Å². The summed E-state index contributed by atoms with van der Waals surface area (Å²) in [5, 5.41) is 5.28. The molecule has 1 aromatic heterocycles. The lowest BCUT2D eigenvalue weighted by Crippen LogP contribution is -2.21. The van der Waals surface area contributed by atoms with Crippen molar-refractivity contribution in [1.29, 1.82) is 0 Å². The van der Waals surface area contributed by atoms with Crippen molar-refractivity contribution < 1.29 is 18.7 Å². The van der Waals surface area contributed by atoms with Crippen molar-refractivity contribution in [2.45, 2.75) is 0 Å². The maximum absolute atomic E-state index is 13.5. The molecule has 0 spiro atoms. The van der Waals surface area contributed by atoms with Gasteiger partial charge < -0.3 is 15.4 Å². The van der Waals surface area contributed by atoms with E-state index in [9.17, 15) is 14.0 Å². The number of carbonyl (C=O) groups excluding carboxylic acids is 2. The number of nitrogens with zero attached hydrogens (tertiary/aromatic N) is 1. The first-order valence-electron chi connectivity index (χ1n) is 8.21. The van der Waals surface area contributed by atoms with Gasteiger partial charge >= 0.3 is 0 Å². The molecule has 1 heterocycles. The molecule has 0 aliphatic heterocycles. The van der Waals surface area contributed by atoms with Crippen LogP contribution in [0, 0.1) is 5.82 Å². The highest BCUT2D eigenvalue weighted by Gasteiger charge is 2.10. The smallest absolute Gasteiger partial charge is 0.262 e. The number of hydrogen-bond donors (Lipinski definition) is 2. The molecule has 2 N–H and O–H groups in total. The van der Waals surface area contributed by atoms with Gasteiger partial charge in [-0.1, -0.05) is 18.2 Å². The quantitative estimate of drug-likeness (QED) is 0.596. The molecule has 2 aromatic carbocycles. The molecular weight excluding hydrogens is 429 g/mol. The Morgan fingerprint density at radius 3 is 2.61 bits per heavy atom. The summed E-state index contributed by atoms with van der Waals surface area (Å²) >= 11 is 3.27. The molecule has 0 saturated carbocycles. The highest BCUT2D eigenvalue weighted by Crippen LogP contribution is 2.16. The van der Waals surface area contributed by atoms with Crippen LogP contribution < -0.4 is 15.4 Å². The Balaban J connectivity index is 1.59. The topological polar surface area (TPSA) is 80.3 Å². The van der Waals surface area contributed by atoms with Gasteiger partial charge in [0, 0.05) is 21.9 Å². The number of hydrogen-bond acceptors (Lipinski definition) is 4. The van der Waals surface area contributed by atoms with Crippen molar-refractivity contribution in [3.8, 4) is 5.75 Å². The predicted octanol–water partition coefficient (Wildman–Crippen LogP) is 4.25. The second-order valence-electron chi connectivity index (χ2n) is 5.66. The highest BCUT2D eigenvalue weighted by atomic mass is 79.9. The Morgan fingerprint density at radius 2 is 1.86 bits per heavy atom. The van der Waals surface area contributed by atoms with Crippen molar-refractivity contribution >= 4 is 39.2 Å². The second-order valence-corrected chi connectivity index (χ2v) is 6.58. The Kier molecular flexibility index (Phi) is 6.33. The minimum atomic E-state index is -0.546. The summed E-state index contributed by atoms with van der Waals surface area (Å²) in [5.74, 6) is -0.992. The molecule has 0 radical (unpaired) electrons. The van der Waals surface area contributed by atoms with Gasteiger partial charge in [0.15, 0.2) is 18.2 Å². The maximum atomic E-state index is 13.5. The van der Waals surface area contributed by atoms with Crippen molar-refractivity contribution in [2.24, 2.45) is 0 Å². The van der Waals surface area contributed by atoms with Crippen molar-refractivity contribution in [3.63, 3.8) is 0 Å². The molecule has 0 aliphatic carbocycles. The van der Waals surface area contributed by atoms with Gasteiger partial charge in [0.05, 0.1) is 0 Å². The summed E-state index contributed by atoms with van der Waals surface area (Å²) in [6, 6.07) is 15.6. The lowest BCUT2D eigenvalue weighted by molar-refractivity contribution is -0.118. The van der Waals surface area contributed by atoms with Gasteiger partial charge in [-0.15, -0.1) is 0 Å². The molecule has 3 aromatic rings. The maximum Gasteiger partial charge on any atom is 0.262 e. The van der Waals surface area contributed by atoms with Crippen LogP contribution in [0.1, 0.15) is 10.4 Å². The molecule has 0 fully saturated rings. The number of aromatic nitrogens is 1. The number of benzene rings is 2. The van der Waals surface area contributed by atoms with E-state index < -0.39 is 11.7 Å². The third-order valence-corrected chi connectivity index (χ3v) is 4.04. The zero-order valence-electron chi connectivity index (χ0n) is 14.5. The van der Waals surface area contributed by atoms with Crippen LogP contribution in [0.5, 0.6) is 5.75 Å². The van der Waals surface area contributed by atoms with Crippen LogP contribution in [0.4, 0.5) is 15.9 Å². The van der Waals surface area contributed by atoms with E-state index in [0.29, 0.717) is 17.1 Å². The van der Waals surface area contributed by atoms with Gasteiger partial charge in [-0.25, -0.2) is 9.37 Å². The SMILES string of the molecule is O=C(COc1ccccc1F)Nc1cccc(C(=O)Nc2ccc(Br)cn2)c1. The number of ether oxygens (including phenoxy) is 1. The van der Waals surface area contributed by atoms with Gasteiger partial charge in [0.25, 0.3) is 11.8 Å². The van der Waals surface area contributed by atoms with Crippen molar-refractivity contribution in [1.82, 2.24) is 4.98 Å². The monoisotopic (exact) mass is 443 g/mol.